The van der Waals surface area contributed by atoms with Crippen LogP contribution >= 0.6 is 0 Å². The summed E-state index contributed by atoms with van der Waals surface area (Å²) in [7, 11) is 0. The molecule has 144 valence electrons. The highest BCUT2D eigenvalue weighted by Gasteiger charge is 2.38. The second-order valence-corrected chi connectivity index (χ2v) is 7.79. The number of piperidine rings is 1. The van der Waals surface area contributed by atoms with Crippen LogP contribution < -0.4 is 0 Å². The van der Waals surface area contributed by atoms with Gasteiger partial charge in [0, 0.05) is 37.8 Å². The van der Waals surface area contributed by atoms with Crippen LogP contribution in [0, 0.1) is 19.8 Å². The number of aryl methyl sites for hydroxylation is 2. The molecule has 1 aromatic heterocycles. The number of benzene rings is 1. The maximum atomic E-state index is 12.7. The second kappa shape index (κ2) is 7.72. The maximum absolute atomic E-state index is 12.7. The molecule has 6 nitrogen and oxygen atoms in total. The van der Waals surface area contributed by atoms with Gasteiger partial charge in [-0.25, -0.2) is 4.79 Å². The minimum atomic E-state index is -0.187. The van der Waals surface area contributed by atoms with Crippen molar-refractivity contribution in [3.8, 4) is 0 Å². The lowest BCUT2D eigenvalue weighted by molar-refractivity contribution is 0.0631. The fourth-order valence-corrected chi connectivity index (χ4v) is 4.29. The molecule has 3 aliphatic rings. The van der Waals surface area contributed by atoms with Gasteiger partial charge < -0.3 is 14.2 Å². The lowest BCUT2D eigenvalue weighted by atomic mass is 9.95. The second-order valence-electron chi connectivity index (χ2n) is 7.79. The van der Waals surface area contributed by atoms with Crippen molar-refractivity contribution in [1.82, 2.24) is 15.0 Å². The summed E-state index contributed by atoms with van der Waals surface area (Å²) in [5.41, 5.74) is 3.16. The first-order chi connectivity index (χ1) is 13.1. The molecule has 1 amide bonds. The van der Waals surface area contributed by atoms with E-state index in [9.17, 15) is 4.79 Å². The Kier molecular flexibility index (Phi) is 5.16. The normalized spacial score (nSPS) is 22.7. The van der Waals surface area contributed by atoms with E-state index >= 15 is 0 Å². The molecular weight excluding hydrogens is 342 g/mol. The van der Waals surface area contributed by atoms with Crippen molar-refractivity contribution in [2.45, 2.75) is 45.9 Å². The highest BCUT2D eigenvalue weighted by molar-refractivity contribution is 5.68. The van der Waals surface area contributed by atoms with E-state index in [2.05, 4.69) is 10.1 Å². The number of aromatic nitrogens is 1. The first-order valence-corrected chi connectivity index (χ1v) is 9.71. The van der Waals surface area contributed by atoms with E-state index in [0.29, 0.717) is 12.5 Å². The summed E-state index contributed by atoms with van der Waals surface area (Å²) < 4.78 is 10.9. The zero-order valence-corrected chi connectivity index (χ0v) is 16.1. The number of hydrogen-bond acceptors (Lipinski definition) is 5. The Morgan fingerprint density at radius 3 is 2.74 bits per heavy atom. The predicted octanol–water partition coefficient (Wildman–Crippen LogP) is 3.52. The van der Waals surface area contributed by atoms with Crippen LogP contribution in [-0.2, 0) is 17.9 Å². The minimum absolute atomic E-state index is 0.187. The van der Waals surface area contributed by atoms with Crippen LogP contribution in [0.15, 0.2) is 34.9 Å². The number of fused-ring (bicyclic) bond motifs is 4. The molecule has 0 radical (unpaired) electrons. The highest BCUT2D eigenvalue weighted by atomic mass is 16.6. The molecule has 27 heavy (non-hydrogen) atoms. The van der Waals surface area contributed by atoms with E-state index < -0.39 is 0 Å². The molecule has 3 fully saturated rings. The maximum Gasteiger partial charge on any atom is 0.410 e. The summed E-state index contributed by atoms with van der Waals surface area (Å²) in [5.74, 6) is 1.39. The molecule has 4 heterocycles. The van der Waals surface area contributed by atoms with Gasteiger partial charge in [0.25, 0.3) is 0 Å². The molecule has 0 aliphatic carbocycles. The monoisotopic (exact) mass is 369 g/mol. The van der Waals surface area contributed by atoms with Crippen LogP contribution in [0.1, 0.15) is 35.4 Å². The Balaban J connectivity index is 1.39. The van der Waals surface area contributed by atoms with Gasteiger partial charge in [0.05, 0.1) is 5.69 Å². The topological polar surface area (TPSA) is 58.8 Å². The molecule has 0 unspecified atom stereocenters. The van der Waals surface area contributed by atoms with Crippen molar-refractivity contribution in [1.29, 1.82) is 0 Å². The van der Waals surface area contributed by atoms with E-state index in [-0.39, 0.29) is 12.1 Å². The molecule has 2 atom stereocenters. The van der Waals surface area contributed by atoms with E-state index in [1.54, 1.807) is 0 Å². The van der Waals surface area contributed by atoms with Crippen LogP contribution in [0.2, 0.25) is 0 Å². The summed E-state index contributed by atoms with van der Waals surface area (Å²) in [4.78, 5) is 17.1. The van der Waals surface area contributed by atoms with Gasteiger partial charge in [0.2, 0.25) is 0 Å². The van der Waals surface area contributed by atoms with Crippen LogP contribution in [0.4, 0.5) is 4.79 Å². The third-order valence-corrected chi connectivity index (χ3v) is 5.79. The first-order valence-electron chi connectivity index (χ1n) is 9.71. The van der Waals surface area contributed by atoms with E-state index in [1.165, 1.54) is 12.0 Å². The standard InChI is InChI=1S/C21H27N3O3/c1-15-20(16(2)27-22-15)13-23-10-18-8-9-19(12-23)24(11-18)21(25)26-14-17-6-4-3-5-7-17/h3-7,18-19H,8-14H2,1-2H3/t18-,19+/m1/s1. The third-order valence-electron chi connectivity index (χ3n) is 5.79. The molecule has 6 heteroatoms. The van der Waals surface area contributed by atoms with Crippen molar-refractivity contribution in [2.75, 3.05) is 19.6 Å². The van der Waals surface area contributed by atoms with Gasteiger partial charge in [-0.1, -0.05) is 35.5 Å². The number of carbonyl (C=O) groups excluding carboxylic acids is 1. The molecule has 5 rings (SSSR count). The summed E-state index contributed by atoms with van der Waals surface area (Å²) in [6.07, 6.45) is 2.03. The Morgan fingerprint density at radius 2 is 2.00 bits per heavy atom. The fourth-order valence-electron chi connectivity index (χ4n) is 4.29. The molecule has 2 bridgehead atoms. The molecule has 1 aromatic carbocycles. The number of hydrogen-bond donors (Lipinski definition) is 0. The molecule has 3 saturated heterocycles. The summed E-state index contributed by atoms with van der Waals surface area (Å²) in [5, 5.41) is 4.07. The average Bonchev–Trinajstić information content (AvgIpc) is 2.86. The quantitative estimate of drug-likeness (QED) is 0.825. The summed E-state index contributed by atoms with van der Waals surface area (Å²) >= 11 is 0. The Labute approximate surface area is 160 Å². The molecule has 2 aromatic rings. The van der Waals surface area contributed by atoms with Crippen LogP contribution in [-0.4, -0.2) is 46.7 Å². The van der Waals surface area contributed by atoms with Gasteiger partial charge in [-0.05, 0) is 38.2 Å². The van der Waals surface area contributed by atoms with Crippen LogP contribution in [0.5, 0.6) is 0 Å². The van der Waals surface area contributed by atoms with Crippen LogP contribution in [0.3, 0.4) is 0 Å². The number of carbonyl (C=O) groups is 1. The van der Waals surface area contributed by atoms with Crippen LogP contribution in [0.25, 0.3) is 0 Å². The minimum Gasteiger partial charge on any atom is -0.445 e. The Hall–Kier alpha value is -2.34. The number of ether oxygens (including phenoxy) is 1. The Morgan fingerprint density at radius 1 is 1.19 bits per heavy atom. The van der Waals surface area contributed by atoms with Gasteiger partial charge >= 0.3 is 6.09 Å². The van der Waals surface area contributed by atoms with Gasteiger partial charge in [0.1, 0.15) is 12.4 Å². The van der Waals surface area contributed by atoms with Gasteiger partial charge in [-0.2, -0.15) is 0 Å². The summed E-state index contributed by atoms with van der Waals surface area (Å²) in [6, 6.07) is 10.1. The third kappa shape index (κ3) is 4.00. The molecule has 3 aliphatic heterocycles. The number of rotatable bonds is 4. The van der Waals surface area contributed by atoms with E-state index in [4.69, 9.17) is 9.26 Å². The van der Waals surface area contributed by atoms with Crippen molar-refractivity contribution in [3.05, 3.63) is 52.9 Å². The van der Waals surface area contributed by atoms with Crippen molar-refractivity contribution >= 4 is 6.09 Å². The van der Waals surface area contributed by atoms with Crippen molar-refractivity contribution in [3.63, 3.8) is 0 Å². The first kappa shape index (κ1) is 18.0. The Bertz CT molecular complexity index is 770. The average molecular weight is 369 g/mol. The SMILES string of the molecule is Cc1noc(C)c1CN1C[C@H]2CC[C@@H](C1)N(C(=O)OCc1ccccc1)C2. The summed E-state index contributed by atoms with van der Waals surface area (Å²) in [6.45, 7) is 7.79. The zero-order chi connectivity index (χ0) is 18.8. The van der Waals surface area contributed by atoms with Crippen molar-refractivity contribution < 1.29 is 14.1 Å². The molecule has 0 spiro atoms. The van der Waals surface area contributed by atoms with Gasteiger partial charge in [-0.3, -0.25) is 4.90 Å². The van der Waals surface area contributed by atoms with Gasteiger partial charge in [0.15, 0.2) is 0 Å². The zero-order valence-electron chi connectivity index (χ0n) is 16.1. The fraction of sp³-hybridized carbons (Fsp3) is 0.524. The molecule has 0 N–H and O–H groups in total. The molecule has 0 saturated carbocycles. The largest absolute Gasteiger partial charge is 0.445 e. The predicted molar refractivity (Wildman–Crippen MR) is 101 cm³/mol. The number of nitrogens with zero attached hydrogens (tertiary/aromatic N) is 3. The number of amides is 1. The van der Waals surface area contributed by atoms with E-state index in [0.717, 1.165) is 49.6 Å². The highest BCUT2D eigenvalue weighted by Crippen LogP contribution is 2.30. The van der Waals surface area contributed by atoms with Crippen molar-refractivity contribution in [2.24, 2.45) is 5.92 Å². The smallest absolute Gasteiger partial charge is 0.410 e. The van der Waals surface area contributed by atoms with E-state index in [1.807, 2.05) is 49.1 Å². The molecular formula is C21H27N3O3. The van der Waals surface area contributed by atoms with Gasteiger partial charge in [-0.15, -0.1) is 0 Å². The lowest BCUT2D eigenvalue weighted by Crippen LogP contribution is -2.47. The lowest BCUT2D eigenvalue weighted by Gasteiger charge is -2.35.